The Hall–Kier alpha value is -1.26. The lowest BCUT2D eigenvalue weighted by molar-refractivity contribution is -0.115. The van der Waals surface area contributed by atoms with E-state index in [4.69, 9.17) is 0 Å². The molecule has 3 rings (SSSR count). The van der Waals surface area contributed by atoms with E-state index < -0.39 is 11.0 Å². The van der Waals surface area contributed by atoms with Gasteiger partial charge in [-0.3, -0.25) is 4.79 Å². The fourth-order valence-corrected chi connectivity index (χ4v) is 4.19. The molecule has 0 radical (unpaired) electrons. The molecule has 0 bridgehead atoms. The van der Waals surface area contributed by atoms with Crippen LogP contribution in [0.5, 0.6) is 0 Å². The third-order valence-electron chi connectivity index (χ3n) is 4.00. The Morgan fingerprint density at radius 2 is 1.95 bits per heavy atom. The average molecular weight is 275 g/mol. The van der Waals surface area contributed by atoms with Crippen LogP contribution < -0.4 is 0 Å². The van der Waals surface area contributed by atoms with E-state index in [1.165, 1.54) is 5.56 Å². The summed E-state index contributed by atoms with van der Waals surface area (Å²) in [6.45, 7) is 5.45. The highest BCUT2D eigenvalue weighted by atomic mass is 32.2. The van der Waals surface area contributed by atoms with Crippen LogP contribution in [-0.4, -0.2) is 27.4 Å². The van der Waals surface area contributed by atoms with E-state index in [0.29, 0.717) is 19.5 Å². The number of nitrogens with zero attached hydrogens (tertiary/aromatic N) is 1. The quantitative estimate of drug-likeness (QED) is 0.830. The highest BCUT2D eigenvalue weighted by molar-refractivity contribution is 7.82. The minimum absolute atomic E-state index is 0.0998. The third kappa shape index (κ3) is 2.19. The normalized spacial score (nSPS) is 28.3. The van der Waals surface area contributed by atoms with Gasteiger partial charge in [-0.1, -0.05) is 24.6 Å². The van der Waals surface area contributed by atoms with E-state index in [9.17, 15) is 9.00 Å². The monoisotopic (exact) mass is 275 g/mol. The zero-order valence-electron chi connectivity index (χ0n) is 11.2. The zero-order valence-corrected chi connectivity index (χ0v) is 12.0. The minimum Gasteiger partial charge on any atom is -0.295 e. The smallest absolute Gasteiger partial charge is 0.156 e. The summed E-state index contributed by atoms with van der Waals surface area (Å²) in [5.41, 5.74) is 2.20. The number of ketones is 1. The molecule has 0 saturated carbocycles. The van der Waals surface area contributed by atoms with Crippen LogP contribution in [0.2, 0.25) is 0 Å². The second-order valence-electron chi connectivity index (χ2n) is 5.73. The maximum absolute atomic E-state index is 12.5. The Kier molecular flexibility index (Phi) is 2.95. The van der Waals surface area contributed by atoms with Gasteiger partial charge >= 0.3 is 0 Å². The largest absolute Gasteiger partial charge is 0.295 e. The second-order valence-corrected chi connectivity index (χ2v) is 7.22. The standard InChI is InChI=1S/C15H17NO2S/c1-11-3-5-14(6-4-11)19(18)16-9-12-7-13(17)8-15(12,2)10-16/h3-7H,8-10H2,1-2H3/t15-,19?/m1/s1. The molecule has 1 fully saturated rings. The van der Waals surface area contributed by atoms with Gasteiger partial charge in [0.15, 0.2) is 5.78 Å². The van der Waals surface area contributed by atoms with Crippen LogP contribution in [0.1, 0.15) is 18.9 Å². The summed E-state index contributed by atoms with van der Waals surface area (Å²) in [6, 6.07) is 7.80. The molecule has 0 aromatic heterocycles. The van der Waals surface area contributed by atoms with Crippen molar-refractivity contribution in [2.24, 2.45) is 5.41 Å². The van der Waals surface area contributed by atoms with Gasteiger partial charge in [-0.25, -0.2) is 8.51 Å². The first-order chi connectivity index (χ1) is 8.98. The first-order valence-corrected chi connectivity index (χ1v) is 7.56. The fraction of sp³-hybridized carbons (Fsp3) is 0.400. The van der Waals surface area contributed by atoms with Gasteiger partial charge in [0.1, 0.15) is 11.0 Å². The lowest BCUT2D eigenvalue weighted by Gasteiger charge is -2.20. The van der Waals surface area contributed by atoms with Crippen molar-refractivity contribution < 1.29 is 9.00 Å². The molecule has 2 aliphatic rings. The number of carbonyl (C=O) groups excluding carboxylic acids is 1. The van der Waals surface area contributed by atoms with Crippen molar-refractivity contribution in [1.82, 2.24) is 4.31 Å². The van der Waals surface area contributed by atoms with Gasteiger partial charge in [0.2, 0.25) is 0 Å². The molecule has 1 saturated heterocycles. The SMILES string of the molecule is Cc1ccc(S(=O)N2CC3=CC(=O)C[C@]3(C)C2)cc1. The maximum atomic E-state index is 12.5. The van der Waals surface area contributed by atoms with E-state index in [1.807, 2.05) is 35.5 Å². The molecular formula is C15H17NO2S. The summed E-state index contributed by atoms with van der Waals surface area (Å²) < 4.78 is 14.5. The molecular weight excluding hydrogens is 258 g/mol. The molecule has 4 heteroatoms. The summed E-state index contributed by atoms with van der Waals surface area (Å²) in [5.74, 6) is 0.207. The maximum Gasteiger partial charge on any atom is 0.156 e. The summed E-state index contributed by atoms with van der Waals surface area (Å²) in [6.07, 6.45) is 2.30. The van der Waals surface area contributed by atoms with Gasteiger partial charge in [0, 0.05) is 24.9 Å². The summed E-state index contributed by atoms with van der Waals surface area (Å²) >= 11 is 0. The van der Waals surface area contributed by atoms with Crippen LogP contribution in [0.15, 0.2) is 40.8 Å². The molecule has 1 heterocycles. The predicted octanol–water partition coefficient (Wildman–Crippen LogP) is 2.24. The van der Waals surface area contributed by atoms with Crippen LogP contribution in [0, 0.1) is 12.3 Å². The van der Waals surface area contributed by atoms with Crippen LogP contribution >= 0.6 is 0 Å². The third-order valence-corrected chi connectivity index (χ3v) is 5.41. The fourth-order valence-electron chi connectivity index (χ4n) is 2.87. The highest BCUT2D eigenvalue weighted by Gasteiger charge is 2.45. The van der Waals surface area contributed by atoms with Crippen molar-refractivity contribution in [3.05, 3.63) is 41.5 Å². The number of benzene rings is 1. The Labute approximate surface area is 115 Å². The predicted molar refractivity (Wildman–Crippen MR) is 75.0 cm³/mol. The summed E-state index contributed by atoms with van der Waals surface area (Å²) in [7, 11) is -1.13. The van der Waals surface area contributed by atoms with Gasteiger partial charge in [0.05, 0.1) is 4.90 Å². The molecule has 19 heavy (non-hydrogen) atoms. The molecule has 0 N–H and O–H groups in total. The average Bonchev–Trinajstić information content (AvgIpc) is 2.79. The van der Waals surface area contributed by atoms with Crippen LogP contribution in [0.3, 0.4) is 0 Å². The molecule has 0 amide bonds. The molecule has 2 atom stereocenters. The Morgan fingerprint density at radius 1 is 1.26 bits per heavy atom. The van der Waals surface area contributed by atoms with Gasteiger partial charge in [-0.05, 0) is 30.7 Å². The van der Waals surface area contributed by atoms with Crippen molar-refractivity contribution in [2.75, 3.05) is 13.1 Å². The number of aryl methyl sites for hydroxylation is 1. The Balaban J connectivity index is 1.82. The molecule has 1 aliphatic carbocycles. The van der Waals surface area contributed by atoms with Gasteiger partial charge in [-0.2, -0.15) is 0 Å². The minimum atomic E-state index is -1.13. The van der Waals surface area contributed by atoms with Gasteiger partial charge < -0.3 is 0 Å². The van der Waals surface area contributed by atoms with Crippen molar-refractivity contribution in [2.45, 2.75) is 25.2 Å². The molecule has 100 valence electrons. The number of carbonyl (C=O) groups is 1. The number of fused-ring (bicyclic) bond motifs is 1. The number of rotatable bonds is 2. The van der Waals surface area contributed by atoms with E-state index in [2.05, 4.69) is 6.92 Å². The van der Waals surface area contributed by atoms with Crippen molar-refractivity contribution in [3.8, 4) is 0 Å². The summed E-state index contributed by atoms with van der Waals surface area (Å²) in [5, 5.41) is 0. The molecule has 1 aromatic carbocycles. The molecule has 1 unspecified atom stereocenters. The Morgan fingerprint density at radius 3 is 2.58 bits per heavy atom. The van der Waals surface area contributed by atoms with Crippen molar-refractivity contribution >= 4 is 16.8 Å². The lowest BCUT2D eigenvalue weighted by atomic mass is 9.86. The van der Waals surface area contributed by atoms with E-state index in [1.54, 1.807) is 6.08 Å². The van der Waals surface area contributed by atoms with Crippen LogP contribution in [0.25, 0.3) is 0 Å². The molecule has 1 aromatic rings. The van der Waals surface area contributed by atoms with E-state index in [0.717, 1.165) is 10.5 Å². The first kappa shape index (κ1) is 12.8. The summed E-state index contributed by atoms with van der Waals surface area (Å²) in [4.78, 5) is 12.3. The van der Waals surface area contributed by atoms with Crippen LogP contribution in [-0.2, 0) is 15.8 Å². The van der Waals surface area contributed by atoms with Crippen LogP contribution in [0.4, 0.5) is 0 Å². The molecule has 1 aliphatic heterocycles. The molecule has 3 nitrogen and oxygen atoms in total. The Bertz CT molecular complexity index is 591. The van der Waals surface area contributed by atoms with Crippen molar-refractivity contribution in [1.29, 1.82) is 0 Å². The number of hydrogen-bond donors (Lipinski definition) is 0. The van der Waals surface area contributed by atoms with Gasteiger partial charge in [0.25, 0.3) is 0 Å². The van der Waals surface area contributed by atoms with E-state index >= 15 is 0 Å². The highest BCUT2D eigenvalue weighted by Crippen LogP contribution is 2.43. The second kappa shape index (κ2) is 4.39. The van der Waals surface area contributed by atoms with Gasteiger partial charge in [-0.15, -0.1) is 0 Å². The number of allylic oxidation sites excluding steroid dienone is 1. The topological polar surface area (TPSA) is 37.4 Å². The number of hydrogen-bond acceptors (Lipinski definition) is 2. The zero-order chi connectivity index (χ0) is 13.6. The van der Waals surface area contributed by atoms with E-state index in [-0.39, 0.29) is 11.2 Å². The lowest BCUT2D eigenvalue weighted by Crippen LogP contribution is -2.27. The van der Waals surface area contributed by atoms with Crippen molar-refractivity contribution in [3.63, 3.8) is 0 Å². The first-order valence-electron chi connectivity index (χ1n) is 6.45. The molecule has 0 spiro atoms.